The van der Waals surface area contributed by atoms with Crippen molar-refractivity contribution in [2.24, 2.45) is 0 Å². The van der Waals surface area contributed by atoms with Crippen LogP contribution in [0.1, 0.15) is 21.9 Å². The number of nitrogens with zero attached hydrogens (tertiary/aromatic N) is 4. The van der Waals surface area contributed by atoms with E-state index in [9.17, 15) is 19.1 Å². The van der Waals surface area contributed by atoms with Crippen LogP contribution in [0, 0.1) is 12.7 Å². The molecule has 1 aliphatic rings. The summed E-state index contributed by atoms with van der Waals surface area (Å²) in [7, 11) is 0. The van der Waals surface area contributed by atoms with E-state index in [1.165, 1.54) is 23.5 Å². The fourth-order valence-corrected chi connectivity index (χ4v) is 4.70. The molecule has 0 spiro atoms. The minimum Gasteiger partial charge on any atom is -0.395 e. The summed E-state index contributed by atoms with van der Waals surface area (Å²) in [6.07, 6.45) is 3.33. The molecule has 0 radical (unpaired) electrons. The van der Waals surface area contributed by atoms with Crippen molar-refractivity contribution in [1.29, 1.82) is 0 Å². The van der Waals surface area contributed by atoms with E-state index >= 15 is 0 Å². The molecule has 0 aliphatic carbocycles. The molecule has 1 fully saturated rings. The number of piperazine rings is 1. The molecular formula is C24H26FN5O3S. The van der Waals surface area contributed by atoms with Crippen molar-refractivity contribution < 1.29 is 19.1 Å². The van der Waals surface area contributed by atoms with Crippen molar-refractivity contribution in [3.05, 3.63) is 64.6 Å². The number of amides is 2. The van der Waals surface area contributed by atoms with Gasteiger partial charge in [0.1, 0.15) is 5.82 Å². The van der Waals surface area contributed by atoms with Crippen molar-refractivity contribution in [1.82, 2.24) is 19.8 Å². The average molecular weight is 484 g/mol. The highest BCUT2D eigenvalue weighted by Crippen LogP contribution is 2.26. The van der Waals surface area contributed by atoms with Gasteiger partial charge in [-0.05, 0) is 36.8 Å². The highest BCUT2D eigenvalue weighted by Gasteiger charge is 2.28. The van der Waals surface area contributed by atoms with E-state index in [-0.39, 0.29) is 24.8 Å². The third-order valence-electron chi connectivity index (χ3n) is 5.86. The lowest BCUT2D eigenvalue weighted by atomic mass is 10.0. The Balaban J connectivity index is 1.36. The molecular weight excluding hydrogens is 457 g/mol. The molecule has 2 aromatic heterocycles. The molecule has 3 aromatic rings. The zero-order valence-electron chi connectivity index (χ0n) is 18.8. The molecule has 0 bridgehead atoms. The number of aryl methyl sites for hydroxylation is 1. The highest BCUT2D eigenvalue weighted by atomic mass is 32.1. The van der Waals surface area contributed by atoms with Gasteiger partial charge < -0.3 is 15.3 Å². The Bertz CT molecular complexity index is 1150. The predicted molar refractivity (Wildman–Crippen MR) is 128 cm³/mol. The lowest BCUT2D eigenvalue weighted by molar-refractivity contribution is -0.118. The molecule has 3 heterocycles. The molecule has 34 heavy (non-hydrogen) atoms. The first-order chi connectivity index (χ1) is 16.4. The Kier molecular flexibility index (Phi) is 7.61. The monoisotopic (exact) mass is 483 g/mol. The Morgan fingerprint density at radius 1 is 1.18 bits per heavy atom. The fourth-order valence-electron chi connectivity index (χ4n) is 4.10. The number of nitrogens with one attached hydrogen (secondary N) is 1. The number of benzene rings is 1. The molecule has 1 saturated heterocycles. The van der Waals surface area contributed by atoms with Gasteiger partial charge in [0.15, 0.2) is 5.01 Å². The minimum absolute atomic E-state index is 0.0503. The van der Waals surface area contributed by atoms with E-state index in [0.29, 0.717) is 42.4 Å². The van der Waals surface area contributed by atoms with Gasteiger partial charge in [0.05, 0.1) is 6.61 Å². The van der Waals surface area contributed by atoms with Crippen LogP contribution in [0.15, 0.2) is 48.1 Å². The van der Waals surface area contributed by atoms with Crippen LogP contribution < -0.4 is 5.32 Å². The van der Waals surface area contributed by atoms with Crippen LogP contribution in [-0.2, 0) is 4.79 Å². The summed E-state index contributed by atoms with van der Waals surface area (Å²) in [4.78, 5) is 37.2. The highest BCUT2D eigenvalue weighted by molar-refractivity contribution is 7.11. The van der Waals surface area contributed by atoms with Gasteiger partial charge in [-0.1, -0.05) is 6.07 Å². The number of thiazole rings is 1. The molecule has 1 unspecified atom stereocenters. The summed E-state index contributed by atoms with van der Waals surface area (Å²) in [6, 6.07) is 7.62. The lowest BCUT2D eigenvalue weighted by Gasteiger charge is -2.38. The third kappa shape index (κ3) is 5.64. The first-order valence-corrected chi connectivity index (χ1v) is 11.9. The SMILES string of the molecule is Cc1ncccc1-c1cc(F)cc(NC(=O)CC(CO)N2CCN(C(=O)c3nccs3)CC2)c1. The maximum Gasteiger partial charge on any atom is 0.282 e. The lowest BCUT2D eigenvalue weighted by Crippen LogP contribution is -2.53. The second-order valence-corrected chi connectivity index (χ2v) is 9.01. The normalized spacial score (nSPS) is 15.2. The number of carbonyl (C=O) groups is 2. The molecule has 4 rings (SSSR count). The number of aromatic nitrogens is 2. The van der Waals surface area contributed by atoms with Crippen LogP contribution in [0.25, 0.3) is 11.1 Å². The summed E-state index contributed by atoms with van der Waals surface area (Å²) < 4.78 is 14.3. The van der Waals surface area contributed by atoms with E-state index in [1.54, 1.807) is 34.8 Å². The van der Waals surface area contributed by atoms with Crippen molar-refractivity contribution in [3.8, 4) is 11.1 Å². The van der Waals surface area contributed by atoms with Crippen LogP contribution in [0.5, 0.6) is 0 Å². The number of rotatable bonds is 7. The predicted octanol–water partition coefficient (Wildman–Crippen LogP) is 2.80. The molecule has 1 aliphatic heterocycles. The number of pyridine rings is 1. The van der Waals surface area contributed by atoms with Crippen LogP contribution in [-0.4, -0.2) is 75.5 Å². The number of aliphatic hydroxyl groups is 1. The van der Waals surface area contributed by atoms with Crippen LogP contribution >= 0.6 is 11.3 Å². The zero-order valence-corrected chi connectivity index (χ0v) is 19.6. The van der Waals surface area contributed by atoms with Crippen molar-refractivity contribution in [2.45, 2.75) is 19.4 Å². The zero-order chi connectivity index (χ0) is 24.1. The van der Waals surface area contributed by atoms with Gasteiger partial charge in [0.2, 0.25) is 5.91 Å². The summed E-state index contributed by atoms with van der Waals surface area (Å²) in [5.41, 5.74) is 2.52. The second-order valence-electron chi connectivity index (χ2n) is 8.12. The topological polar surface area (TPSA) is 98.7 Å². The molecule has 8 nitrogen and oxygen atoms in total. The van der Waals surface area contributed by atoms with E-state index < -0.39 is 11.9 Å². The molecule has 178 valence electrons. The number of hydrogen-bond donors (Lipinski definition) is 2. The summed E-state index contributed by atoms with van der Waals surface area (Å²) in [5.74, 6) is -0.880. The van der Waals surface area contributed by atoms with Crippen LogP contribution in [0.3, 0.4) is 0 Å². The molecule has 10 heteroatoms. The molecule has 2 N–H and O–H groups in total. The largest absolute Gasteiger partial charge is 0.395 e. The molecule has 1 atom stereocenters. The first-order valence-electron chi connectivity index (χ1n) is 11.0. The first kappa shape index (κ1) is 23.9. The van der Waals surface area contributed by atoms with Gasteiger partial charge in [-0.25, -0.2) is 9.37 Å². The number of aliphatic hydroxyl groups excluding tert-OH is 1. The third-order valence-corrected chi connectivity index (χ3v) is 6.63. The van der Waals surface area contributed by atoms with Crippen LogP contribution in [0.2, 0.25) is 0 Å². The van der Waals surface area contributed by atoms with Gasteiger partial charge in [-0.15, -0.1) is 11.3 Å². The van der Waals surface area contributed by atoms with Gasteiger partial charge in [-0.3, -0.25) is 19.5 Å². The minimum atomic E-state index is -0.462. The Morgan fingerprint density at radius 3 is 2.65 bits per heavy atom. The number of halogens is 1. The summed E-state index contributed by atoms with van der Waals surface area (Å²) >= 11 is 1.31. The Labute approximate surface area is 201 Å². The van der Waals surface area contributed by atoms with Crippen molar-refractivity contribution >= 4 is 28.8 Å². The van der Waals surface area contributed by atoms with Crippen molar-refractivity contribution in [2.75, 3.05) is 38.1 Å². The smallest absolute Gasteiger partial charge is 0.282 e. The standard InChI is InChI=1S/C24H26FN5O3S/c1-16-21(3-2-4-26-16)17-11-18(25)13-19(12-17)28-22(32)14-20(15-31)29-6-8-30(9-7-29)24(33)23-27-5-10-34-23/h2-5,10-13,20,31H,6-9,14-15H2,1H3,(H,28,32). The number of anilines is 1. The average Bonchev–Trinajstić information content (AvgIpc) is 3.37. The van der Waals surface area contributed by atoms with Gasteiger partial charge in [0, 0.05) is 73.4 Å². The fraction of sp³-hybridized carbons (Fsp3) is 0.333. The second kappa shape index (κ2) is 10.8. The number of carbonyl (C=O) groups excluding carboxylic acids is 2. The van der Waals surface area contributed by atoms with E-state index in [2.05, 4.69) is 15.3 Å². The van der Waals surface area contributed by atoms with E-state index in [4.69, 9.17) is 0 Å². The van der Waals surface area contributed by atoms with Gasteiger partial charge >= 0.3 is 0 Å². The molecule has 1 aromatic carbocycles. The quantitative estimate of drug-likeness (QED) is 0.536. The maximum absolute atomic E-state index is 14.3. The van der Waals surface area contributed by atoms with Gasteiger partial charge in [0.25, 0.3) is 5.91 Å². The van der Waals surface area contributed by atoms with Crippen LogP contribution in [0.4, 0.5) is 10.1 Å². The van der Waals surface area contributed by atoms with E-state index in [0.717, 1.165) is 11.3 Å². The van der Waals surface area contributed by atoms with E-state index in [1.807, 2.05) is 17.9 Å². The van der Waals surface area contributed by atoms with Gasteiger partial charge in [-0.2, -0.15) is 0 Å². The molecule has 2 amide bonds. The summed E-state index contributed by atoms with van der Waals surface area (Å²) in [5, 5.41) is 14.9. The maximum atomic E-state index is 14.3. The molecule has 0 saturated carbocycles. The summed E-state index contributed by atoms with van der Waals surface area (Å²) in [6.45, 7) is 3.72. The Morgan fingerprint density at radius 2 is 1.97 bits per heavy atom. The number of hydrogen-bond acceptors (Lipinski definition) is 7. The van der Waals surface area contributed by atoms with Crippen molar-refractivity contribution in [3.63, 3.8) is 0 Å². The Hall–Kier alpha value is -3.21.